The van der Waals surface area contributed by atoms with E-state index in [0.29, 0.717) is 19.5 Å². The summed E-state index contributed by atoms with van der Waals surface area (Å²) in [5, 5.41) is 11.5. The lowest BCUT2D eigenvalue weighted by molar-refractivity contribution is -0.143. The van der Waals surface area contributed by atoms with Crippen molar-refractivity contribution in [1.82, 2.24) is 9.80 Å². The van der Waals surface area contributed by atoms with Crippen LogP contribution in [-0.2, 0) is 16.0 Å². The van der Waals surface area contributed by atoms with Gasteiger partial charge >= 0.3 is 5.97 Å². The number of carboxylic acids is 1. The number of hydrogen-bond acceptors (Lipinski definition) is 4. The van der Waals surface area contributed by atoms with Crippen LogP contribution in [0.4, 0.5) is 0 Å². The predicted octanol–water partition coefficient (Wildman–Crippen LogP) is 2.77. The van der Waals surface area contributed by atoms with Crippen molar-refractivity contribution in [1.29, 1.82) is 0 Å². The van der Waals surface area contributed by atoms with Gasteiger partial charge in [0.25, 0.3) is 0 Å². The van der Waals surface area contributed by atoms with Gasteiger partial charge in [0.15, 0.2) is 0 Å². The first-order valence-corrected chi connectivity index (χ1v) is 9.90. The number of carboxylic acid groups (broad SMARTS) is 1. The molecule has 2 aromatic rings. The standard InChI is InChI=1S/C20H22N2O3S/c23-18(13-21-10-4-7-16(21)20(24)25)22-11-8-17-15(9-12-26-17)19(22)14-5-2-1-3-6-14/h1-3,5-6,9,12,16,19H,4,7-8,10-11,13H2,(H,24,25)/t16-,19-/m1/s1. The number of nitrogens with zero attached hydrogens (tertiary/aromatic N) is 2. The fourth-order valence-electron chi connectivity index (χ4n) is 4.14. The highest BCUT2D eigenvalue weighted by Gasteiger charge is 2.36. The Hall–Kier alpha value is -2.18. The summed E-state index contributed by atoms with van der Waals surface area (Å²) in [5.41, 5.74) is 2.31. The average molecular weight is 370 g/mol. The van der Waals surface area contributed by atoms with Crippen LogP contribution in [0.1, 0.15) is 34.9 Å². The molecule has 4 rings (SSSR count). The second kappa shape index (κ2) is 7.21. The van der Waals surface area contributed by atoms with Gasteiger partial charge in [0.2, 0.25) is 5.91 Å². The number of amides is 1. The summed E-state index contributed by atoms with van der Waals surface area (Å²) >= 11 is 1.75. The maximum Gasteiger partial charge on any atom is 0.320 e. The van der Waals surface area contributed by atoms with Crippen molar-refractivity contribution in [3.63, 3.8) is 0 Å². The molecular formula is C20H22N2O3S. The third-order valence-electron chi connectivity index (χ3n) is 5.39. The van der Waals surface area contributed by atoms with Crippen LogP contribution < -0.4 is 0 Å². The Bertz CT molecular complexity index is 804. The lowest BCUT2D eigenvalue weighted by atomic mass is 9.93. The molecule has 2 atom stereocenters. The second-order valence-corrected chi connectivity index (χ2v) is 7.92. The van der Waals surface area contributed by atoms with Gasteiger partial charge in [-0.05, 0) is 48.4 Å². The number of hydrogen-bond donors (Lipinski definition) is 1. The van der Waals surface area contributed by atoms with Gasteiger partial charge in [0, 0.05) is 11.4 Å². The van der Waals surface area contributed by atoms with E-state index in [1.807, 2.05) is 28.0 Å². The first-order valence-electron chi connectivity index (χ1n) is 9.02. The summed E-state index contributed by atoms with van der Waals surface area (Å²) < 4.78 is 0. The van der Waals surface area contributed by atoms with Gasteiger partial charge in [-0.2, -0.15) is 0 Å². The predicted molar refractivity (Wildman–Crippen MR) is 100 cm³/mol. The fourth-order valence-corrected chi connectivity index (χ4v) is 5.04. The van der Waals surface area contributed by atoms with E-state index in [0.717, 1.165) is 18.4 Å². The summed E-state index contributed by atoms with van der Waals surface area (Å²) in [6, 6.07) is 11.6. The molecule has 0 radical (unpaired) electrons. The molecule has 0 bridgehead atoms. The zero-order valence-electron chi connectivity index (χ0n) is 14.5. The summed E-state index contributed by atoms with van der Waals surface area (Å²) in [7, 11) is 0. The second-order valence-electron chi connectivity index (χ2n) is 6.92. The van der Waals surface area contributed by atoms with E-state index >= 15 is 0 Å². The van der Waals surface area contributed by atoms with E-state index in [1.165, 1.54) is 10.4 Å². The number of carbonyl (C=O) groups is 2. The molecule has 1 aromatic heterocycles. The molecule has 6 heteroatoms. The van der Waals surface area contributed by atoms with Gasteiger partial charge in [-0.3, -0.25) is 14.5 Å². The first kappa shape index (κ1) is 17.2. The fraction of sp³-hybridized carbons (Fsp3) is 0.400. The Morgan fingerprint density at radius 1 is 1.15 bits per heavy atom. The molecule has 0 spiro atoms. The molecule has 0 aliphatic carbocycles. The maximum atomic E-state index is 13.1. The van der Waals surface area contributed by atoms with Crippen LogP contribution in [0.2, 0.25) is 0 Å². The van der Waals surface area contributed by atoms with E-state index in [1.54, 1.807) is 11.3 Å². The highest BCUT2D eigenvalue weighted by Crippen LogP contribution is 2.37. The van der Waals surface area contributed by atoms with Gasteiger partial charge < -0.3 is 10.0 Å². The maximum absolute atomic E-state index is 13.1. The number of fused-ring (bicyclic) bond motifs is 1. The van der Waals surface area contributed by atoms with E-state index in [4.69, 9.17) is 0 Å². The number of thiophene rings is 1. The van der Waals surface area contributed by atoms with Crippen molar-refractivity contribution in [2.45, 2.75) is 31.3 Å². The minimum absolute atomic E-state index is 0.0175. The van der Waals surface area contributed by atoms with Crippen molar-refractivity contribution in [2.24, 2.45) is 0 Å². The Morgan fingerprint density at radius 3 is 2.73 bits per heavy atom. The molecule has 5 nitrogen and oxygen atoms in total. The van der Waals surface area contributed by atoms with Crippen LogP contribution >= 0.6 is 11.3 Å². The first-order chi connectivity index (χ1) is 12.6. The summed E-state index contributed by atoms with van der Waals surface area (Å²) in [4.78, 5) is 29.6. The molecular weight excluding hydrogens is 348 g/mol. The number of aliphatic carboxylic acids is 1. The van der Waals surface area contributed by atoms with Crippen LogP contribution in [0, 0.1) is 0 Å². The van der Waals surface area contributed by atoms with Crippen molar-refractivity contribution >= 4 is 23.2 Å². The van der Waals surface area contributed by atoms with Gasteiger partial charge in [-0.15, -0.1) is 11.3 Å². The van der Waals surface area contributed by atoms with E-state index < -0.39 is 12.0 Å². The Labute approximate surface area is 156 Å². The van der Waals surface area contributed by atoms with Crippen molar-refractivity contribution in [3.8, 4) is 0 Å². The molecule has 0 saturated carbocycles. The summed E-state index contributed by atoms with van der Waals surface area (Å²) in [6.45, 7) is 1.54. The van der Waals surface area contributed by atoms with E-state index in [9.17, 15) is 14.7 Å². The van der Waals surface area contributed by atoms with Crippen LogP contribution in [-0.4, -0.2) is 52.5 Å². The Kier molecular flexibility index (Phi) is 4.78. The Balaban J connectivity index is 1.60. The molecule has 0 unspecified atom stereocenters. The van der Waals surface area contributed by atoms with Crippen molar-refractivity contribution in [3.05, 3.63) is 57.8 Å². The smallest absolute Gasteiger partial charge is 0.320 e. The molecule has 1 amide bonds. The number of rotatable bonds is 4. The number of benzene rings is 1. The molecule has 1 fully saturated rings. The minimum Gasteiger partial charge on any atom is -0.480 e. The molecule has 2 aliphatic heterocycles. The van der Waals surface area contributed by atoms with Gasteiger partial charge in [-0.25, -0.2) is 0 Å². The third-order valence-corrected chi connectivity index (χ3v) is 6.39. The normalized spacial score (nSPS) is 23.0. The SMILES string of the molecule is O=C(O)[C@H]1CCCN1CC(=O)N1CCc2sccc2[C@H]1c1ccccc1. The lowest BCUT2D eigenvalue weighted by Crippen LogP contribution is -2.47. The largest absolute Gasteiger partial charge is 0.480 e. The van der Waals surface area contributed by atoms with E-state index in [-0.39, 0.29) is 18.5 Å². The molecule has 136 valence electrons. The third kappa shape index (κ3) is 3.15. The van der Waals surface area contributed by atoms with Gasteiger partial charge in [0.05, 0.1) is 12.6 Å². The molecule has 1 N–H and O–H groups in total. The van der Waals surface area contributed by atoms with Crippen LogP contribution in [0.15, 0.2) is 41.8 Å². The van der Waals surface area contributed by atoms with Crippen LogP contribution in [0.5, 0.6) is 0 Å². The van der Waals surface area contributed by atoms with Crippen molar-refractivity contribution < 1.29 is 14.7 Å². The topological polar surface area (TPSA) is 60.9 Å². The summed E-state index contributed by atoms with van der Waals surface area (Å²) in [5.74, 6) is -0.808. The van der Waals surface area contributed by atoms with Crippen molar-refractivity contribution in [2.75, 3.05) is 19.6 Å². The van der Waals surface area contributed by atoms with Crippen LogP contribution in [0.25, 0.3) is 0 Å². The minimum atomic E-state index is -0.825. The van der Waals surface area contributed by atoms with Crippen LogP contribution in [0.3, 0.4) is 0 Å². The monoisotopic (exact) mass is 370 g/mol. The zero-order chi connectivity index (χ0) is 18.1. The van der Waals surface area contributed by atoms with E-state index in [2.05, 4.69) is 23.6 Å². The van der Waals surface area contributed by atoms with Gasteiger partial charge in [-0.1, -0.05) is 30.3 Å². The zero-order valence-corrected chi connectivity index (χ0v) is 15.3. The molecule has 3 heterocycles. The summed E-state index contributed by atoms with van der Waals surface area (Å²) in [6.07, 6.45) is 2.32. The lowest BCUT2D eigenvalue weighted by Gasteiger charge is -2.37. The highest BCUT2D eigenvalue weighted by molar-refractivity contribution is 7.10. The molecule has 1 saturated heterocycles. The molecule has 26 heavy (non-hydrogen) atoms. The average Bonchev–Trinajstić information content (AvgIpc) is 3.30. The highest BCUT2D eigenvalue weighted by atomic mass is 32.1. The number of carbonyl (C=O) groups excluding carboxylic acids is 1. The molecule has 2 aliphatic rings. The number of likely N-dealkylation sites (tertiary alicyclic amines) is 1. The molecule has 1 aromatic carbocycles. The quantitative estimate of drug-likeness (QED) is 0.899. The van der Waals surface area contributed by atoms with Gasteiger partial charge in [0.1, 0.15) is 6.04 Å². The Morgan fingerprint density at radius 2 is 1.96 bits per heavy atom.